The van der Waals surface area contributed by atoms with Gasteiger partial charge in [0.15, 0.2) is 0 Å². The standard InChI is InChI=1S/C20H23N5O2/c1-20(2,3)17(11-25-9-8-21-13-25)24-19(27)15-6-4-14(5-7-15)16-10-18(26)23-12-22-16/h4-10,12-13,17H,11H2,1-3H3,(H,24,27)(H,22,23,26)/t17-/m1/s1. The minimum Gasteiger partial charge on any atom is -0.347 e. The van der Waals surface area contributed by atoms with Crippen molar-refractivity contribution in [1.82, 2.24) is 24.8 Å². The van der Waals surface area contributed by atoms with E-state index in [4.69, 9.17) is 0 Å². The fourth-order valence-corrected chi connectivity index (χ4v) is 2.70. The van der Waals surface area contributed by atoms with Crippen LogP contribution in [0, 0.1) is 5.41 Å². The van der Waals surface area contributed by atoms with E-state index in [-0.39, 0.29) is 22.9 Å². The Kier molecular flexibility index (Phi) is 5.21. The van der Waals surface area contributed by atoms with Gasteiger partial charge < -0.3 is 14.9 Å². The summed E-state index contributed by atoms with van der Waals surface area (Å²) in [5.74, 6) is -0.138. The lowest BCUT2D eigenvalue weighted by Gasteiger charge is -2.31. The van der Waals surface area contributed by atoms with Crippen molar-refractivity contribution in [2.24, 2.45) is 5.41 Å². The molecule has 0 aliphatic rings. The molecule has 2 heterocycles. The Morgan fingerprint density at radius 3 is 2.59 bits per heavy atom. The molecular weight excluding hydrogens is 342 g/mol. The van der Waals surface area contributed by atoms with Crippen molar-refractivity contribution in [3.05, 3.63) is 71.3 Å². The molecule has 1 aromatic carbocycles. The molecule has 2 N–H and O–H groups in total. The molecule has 27 heavy (non-hydrogen) atoms. The van der Waals surface area contributed by atoms with Gasteiger partial charge in [-0.2, -0.15) is 0 Å². The van der Waals surface area contributed by atoms with Crippen LogP contribution in [0.3, 0.4) is 0 Å². The fraction of sp³-hybridized carbons (Fsp3) is 0.300. The number of nitrogens with one attached hydrogen (secondary N) is 2. The molecule has 3 rings (SSSR count). The minimum atomic E-state index is -0.214. The van der Waals surface area contributed by atoms with Crippen molar-refractivity contribution in [2.75, 3.05) is 0 Å². The van der Waals surface area contributed by atoms with Gasteiger partial charge in [-0.3, -0.25) is 9.59 Å². The number of hydrogen-bond donors (Lipinski definition) is 2. The zero-order valence-corrected chi connectivity index (χ0v) is 15.6. The molecule has 0 unspecified atom stereocenters. The highest BCUT2D eigenvalue weighted by Gasteiger charge is 2.27. The summed E-state index contributed by atoms with van der Waals surface area (Å²) >= 11 is 0. The summed E-state index contributed by atoms with van der Waals surface area (Å²) in [5.41, 5.74) is 1.58. The normalized spacial score (nSPS) is 12.6. The number of carbonyl (C=O) groups excluding carboxylic acids is 1. The lowest BCUT2D eigenvalue weighted by atomic mass is 9.86. The second kappa shape index (κ2) is 7.57. The van der Waals surface area contributed by atoms with Crippen LogP contribution >= 0.6 is 0 Å². The molecule has 0 saturated carbocycles. The van der Waals surface area contributed by atoms with Crippen LogP contribution in [0.2, 0.25) is 0 Å². The predicted molar refractivity (Wildman–Crippen MR) is 103 cm³/mol. The Labute approximate surface area is 157 Å². The van der Waals surface area contributed by atoms with Crippen LogP contribution < -0.4 is 10.9 Å². The first kappa shape index (κ1) is 18.6. The number of hydrogen-bond acceptors (Lipinski definition) is 4. The van der Waals surface area contributed by atoms with Crippen LogP contribution in [0.15, 0.2) is 60.2 Å². The summed E-state index contributed by atoms with van der Waals surface area (Å²) in [6.45, 7) is 6.92. The molecular formula is C20H23N5O2. The molecule has 0 fully saturated rings. The first-order valence-corrected chi connectivity index (χ1v) is 8.75. The highest BCUT2D eigenvalue weighted by atomic mass is 16.1. The third-order valence-electron chi connectivity index (χ3n) is 4.42. The average Bonchev–Trinajstić information content (AvgIpc) is 3.14. The van der Waals surface area contributed by atoms with E-state index in [0.29, 0.717) is 17.8 Å². The molecule has 7 nitrogen and oxygen atoms in total. The molecule has 3 aromatic rings. The topological polar surface area (TPSA) is 92.7 Å². The van der Waals surface area contributed by atoms with Gasteiger partial charge in [-0.05, 0) is 17.5 Å². The highest BCUT2D eigenvalue weighted by Crippen LogP contribution is 2.22. The minimum absolute atomic E-state index is 0.0618. The van der Waals surface area contributed by atoms with Gasteiger partial charge in [0.2, 0.25) is 0 Å². The Morgan fingerprint density at radius 2 is 2.00 bits per heavy atom. The maximum atomic E-state index is 12.7. The number of benzene rings is 1. The van der Waals surface area contributed by atoms with E-state index in [9.17, 15) is 9.59 Å². The summed E-state index contributed by atoms with van der Waals surface area (Å²) in [6.07, 6.45) is 6.72. The van der Waals surface area contributed by atoms with Crippen LogP contribution in [0.25, 0.3) is 11.3 Å². The third-order valence-corrected chi connectivity index (χ3v) is 4.42. The van der Waals surface area contributed by atoms with E-state index in [2.05, 4.69) is 41.0 Å². The maximum Gasteiger partial charge on any atom is 0.251 e. The summed E-state index contributed by atoms with van der Waals surface area (Å²) in [7, 11) is 0. The summed E-state index contributed by atoms with van der Waals surface area (Å²) in [5, 5.41) is 3.12. The third kappa shape index (κ3) is 4.69. The summed E-state index contributed by atoms with van der Waals surface area (Å²) in [4.78, 5) is 34.8. The monoisotopic (exact) mass is 365 g/mol. The summed E-state index contributed by atoms with van der Waals surface area (Å²) < 4.78 is 1.96. The van der Waals surface area contributed by atoms with Crippen molar-refractivity contribution in [3.63, 3.8) is 0 Å². The Balaban J connectivity index is 1.75. The molecule has 0 radical (unpaired) electrons. The molecule has 1 amide bonds. The largest absolute Gasteiger partial charge is 0.347 e. The van der Waals surface area contributed by atoms with Crippen LogP contribution in [0.1, 0.15) is 31.1 Å². The van der Waals surface area contributed by atoms with Gasteiger partial charge in [0, 0.05) is 36.1 Å². The zero-order valence-electron chi connectivity index (χ0n) is 15.6. The average molecular weight is 365 g/mol. The summed E-state index contributed by atoms with van der Waals surface area (Å²) in [6, 6.07) is 8.43. The lowest BCUT2D eigenvalue weighted by molar-refractivity contribution is 0.0892. The smallest absolute Gasteiger partial charge is 0.251 e. The number of carbonyl (C=O) groups is 1. The van der Waals surface area contributed by atoms with Gasteiger partial charge in [-0.25, -0.2) is 9.97 Å². The molecule has 140 valence electrons. The zero-order chi connectivity index (χ0) is 19.4. The van der Waals surface area contributed by atoms with Crippen molar-refractivity contribution in [1.29, 1.82) is 0 Å². The maximum absolute atomic E-state index is 12.7. The number of amides is 1. The molecule has 1 atom stereocenters. The first-order chi connectivity index (χ1) is 12.8. The van der Waals surface area contributed by atoms with Crippen LogP contribution in [-0.4, -0.2) is 31.5 Å². The van der Waals surface area contributed by atoms with Crippen molar-refractivity contribution in [3.8, 4) is 11.3 Å². The van der Waals surface area contributed by atoms with E-state index >= 15 is 0 Å². The number of aromatic amines is 1. The number of nitrogens with zero attached hydrogens (tertiary/aromatic N) is 3. The van der Waals surface area contributed by atoms with Crippen molar-refractivity contribution >= 4 is 5.91 Å². The van der Waals surface area contributed by atoms with Crippen LogP contribution in [0.5, 0.6) is 0 Å². The SMILES string of the molecule is CC(C)(C)[C@@H](Cn1ccnc1)NC(=O)c1ccc(-c2cc(=O)[nH]cn2)cc1. The van der Waals surface area contributed by atoms with Crippen molar-refractivity contribution in [2.45, 2.75) is 33.4 Å². The predicted octanol–water partition coefficient (Wildman–Crippen LogP) is 2.48. The van der Waals surface area contributed by atoms with E-state index in [0.717, 1.165) is 5.56 Å². The first-order valence-electron chi connectivity index (χ1n) is 8.75. The number of imidazole rings is 1. The van der Waals surface area contributed by atoms with E-state index in [1.54, 1.807) is 36.8 Å². The molecule has 2 aromatic heterocycles. The molecule has 7 heteroatoms. The van der Waals surface area contributed by atoms with Crippen LogP contribution in [0.4, 0.5) is 0 Å². The van der Waals surface area contributed by atoms with Gasteiger partial charge >= 0.3 is 0 Å². The van der Waals surface area contributed by atoms with Gasteiger partial charge in [0.25, 0.3) is 11.5 Å². The van der Waals surface area contributed by atoms with E-state index < -0.39 is 0 Å². The molecule has 0 aliphatic heterocycles. The van der Waals surface area contributed by atoms with Gasteiger partial charge in [-0.15, -0.1) is 0 Å². The number of aromatic nitrogens is 4. The van der Waals surface area contributed by atoms with E-state index in [1.807, 2.05) is 10.8 Å². The van der Waals surface area contributed by atoms with E-state index in [1.165, 1.54) is 12.4 Å². The quantitative estimate of drug-likeness (QED) is 0.726. The van der Waals surface area contributed by atoms with Gasteiger partial charge in [-0.1, -0.05) is 32.9 Å². The molecule has 0 spiro atoms. The Bertz CT molecular complexity index is 953. The Hall–Kier alpha value is -3.22. The highest BCUT2D eigenvalue weighted by molar-refractivity contribution is 5.94. The second-order valence-electron chi connectivity index (χ2n) is 7.53. The lowest BCUT2D eigenvalue weighted by Crippen LogP contribution is -2.46. The molecule has 0 aliphatic carbocycles. The second-order valence-corrected chi connectivity index (χ2v) is 7.53. The number of rotatable bonds is 5. The molecule has 0 bridgehead atoms. The van der Waals surface area contributed by atoms with Gasteiger partial charge in [0.05, 0.1) is 24.4 Å². The Morgan fingerprint density at radius 1 is 1.26 bits per heavy atom. The van der Waals surface area contributed by atoms with Crippen molar-refractivity contribution < 1.29 is 4.79 Å². The van der Waals surface area contributed by atoms with Crippen LogP contribution in [-0.2, 0) is 6.54 Å². The molecule has 0 saturated heterocycles. The van der Waals surface area contributed by atoms with Gasteiger partial charge in [0.1, 0.15) is 0 Å². The fourth-order valence-electron chi connectivity index (χ4n) is 2.70. The number of H-pyrrole nitrogens is 1.